The lowest BCUT2D eigenvalue weighted by molar-refractivity contribution is 0.669. The molecule has 2 heterocycles. The van der Waals surface area contributed by atoms with Crippen molar-refractivity contribution in [1.82, 2.24) is 20.1 Å². The molecule has 18 heavy (non-hydrogen) atoms. The molecule has 3 rings (SSSR count). The van der Waals surface area contributed by atoms with E-state index in [0.29, 0.717) is 6.04 Å². The van der Waals surface area contributed by atoms with Gasteiger partial charge >= 0.3 is 0 Å². The van der Waals surface area contributed by atoms with E-state index in [0.717, 1.165) is 29.4 Å². The normalized spacial score (nSPS) is 15.0. The monoisotopic (exact) mass is 242 g/mol. The van der Waals surface area contributed by atoms with Crippen LogP contribution in [0.2, 0.25) is 0 Å². The zero-order valence-corrected chi connectivity index (χ0v) is 10.8. The van der Waals surface area contributed by atoms with E-state index < -0.39 is 0 Å². The fourth-order valence-corrected chi connectivity index (χ4v) is 2.08. The van der Waals surface area contributed by atoms with Crippen molar-refractivity contribution in [2.45, 2.75) is 39.3 Å². The molecule has 0 atom stereocenters. The first-order valence-corrected chi connectivity index (χ1v) is 6.45. The molecule has 2 aromatic rings. The van der Waals surface area contributed by atoms with Crippen LogP contribution in [0, 0.1) is 13.8 Å². The summed E-state index contributed by atoms with van der Waals surface area (Å²) in [5.41, 5.74) is 3.22. The number of nitrogens with one attached hydrogen (secondary N) is 1. The van der Waals surface area contributed by atoms with Gasteiger partial charge in [0, 0.05) is 18.3 Å². The number of hydrogen-bond acceptors (Lipinski definition) is 3. The summed E-state index contributed by atoms with van der Waals surface area (Å²) in [7, 11) is 0. The Morgan fingerprint density at radius 2 is 2.17 bits per heavy atom. The van der Waals surface area contributed by atoms with E-state index in [1.165, 1.54) is 12.8 Å². The smallest absolute Gasteiger partial charge is 0.153 e. The summed E-state index contributed by atoms with van der Waals surface area (Å²) in [5.74, 6) is 0.899. The average Bonchev–Trinajstić information content (AvgIpc) is 3.12. The van der Waals surface area contributed by atoms with Crippen LogP contribution in [0.5, 0.6) is 0 Å². The highest BCUT2D eigenvalue weighted by Gasteiger charge is 2.20. The Morgan fingerprint density at radius 1 is 1.33 bits per heavy atom. The van der Waals surface area contributed by atoms with E-state index in [9.17, 15) is 0 Å². The molecule has 2 aromatic heterocycles. The zero-order valence-electron chi connectivity index (χ0n) is 10.8. The average molecular weight is 242 g/mol. The van der Waals surface area contributed by atoms with E-state index in [1.807, 2.05) is 23.7 Å². The second-order valence-corrected chi connectivity index (χ2v) is 4.98. The zero-order chi connectivity index (χ0) is 12.5. The lowest BCUT2D eigenvalue weighted by atomic mass is 10.3. The van der Waals surface area contributed by atoms with Crippen LogP contribution in [0.4, 0.5) is 0 Å². The van der Waals surface area contributed by atoms with Crippen LogP contribution in [0.25, 0.3) is 5.82 Å². The molecule has 1 aliphatic carbocycles. The molecule has 94 valence electrons. The van der Waals surface area contributed by atoms with Gasteiger partial charge in [0.2, 0.25) is 0 Å². The highest BCUT2D eigenvalue weighted by molar-refractivity contribution is 5.27. The molecule has 1 fully saturated rings. The lowest BCUT2D eigenvalue weighted by Crippen LogP contribution is -2.16. The summed E-state index contributed by atoms with van der Waals surface area (Å²) < 4.78 is 1.90. The van der Waals surface area contributed by atoms with Crippen LogP contribution in [0.1, 0.15) is 29.9 Å². The van der Waals surface area contributed by atoms with Gasteiger partial charge in [-0.2, -0.15) is 5.10 Å². The van der Waals surface area contributed by atoms with Crippen molar-refractivity contribution in [3.63, 3.8) is 0 Å². The number of rotatable bonds is 4. The van der Waals surface area contributed by atoms with Crippen molar-refractivity contribution >= 4 is 0 Å². The van der Waals surface area contributed by atoms with E-state index in [2.05, 4.69) is 34.5 Å². The quantitative estimate of drug-likeness (QED) is 0.893. The van der Waals surface area contributed by atoms with Crippen LogP contribution in [0.15, 0.2) is 24.3 Å². The minimum absolute atomic E-state index is 0.712. The number of nitrogens with zero attached hydrogens (tertiary/aromatic N) is 3. The summed E-state index contributed by atoms with van der Waals surface area (Å²) in [5, 5.41) is 7.94. The molecule has 4 heteroatoms. The fraction of sp³-hybridized carbons (Fsp3) is 0.429. The molecule has 0 unspecified atom stereocenters. The molecular weight excluding hydrogens is 224 g/mol. The standard InChI is InChI=1S/C14H18N4/c1-10-8-11(2)18(17-10)14-5-3-4-13(16-14)9-15-12-6-7-12/h3-5,8,12,15H,6-7,9H2,1-2H3. The van der Waals surface area contributed by atoms with E-state index in [4.69, 9.17) is 0 Å². The predicted molar refractivity (Wildman–Crippen MR) is 70.7 cm³/mol. The van der Waals surface area contributed by atoms with Gasteiger partial charge in [0.15, 0.2) is 5.82 Å². The van der Waals surface area contributed by atoms with Crippen molar-refractivity contribution in [2.75, 3.05) is 0 Å². The number of pyridine rings is 1. The molecule has 0 radical (unpaired) electrons. The molecule has 1 aliphatic rings. The van der Waals surface area contributed by atoms with Crippen LogP contribution >= 0.6 is 0 Å². The first-order valence-electron chi connectivity index (χ1n) is 6.45. The molecule has 0 bridgehead atoms. The third-order valence-corrected chi connectivity index (χ3v) is 3.17. The minimum Gasteiger partial charge on any atom is -0.308 e. The van der Waals surface area contributed by atoms with Crippen LogP contribution in [0.3, 0.4) is 0 Å². The fourth-order valence-electron chi connectivity index (χ4n) is 2.08. The van der Waals surface area contributed by atoms with Crippen LogP contribution in [-0.2, 0) is 6.54 Å². The van der Waals surface area contributed by atoms with Crippen molar-refractivity contribution in [2.24, 2.45) is 0 Å². The third kappa shape index (κ3) is 2.43. The number of aromatic nitrogens is 3. The summed E-state index contributed by atoms with van der Waals surface area (Å²) in [6.45, 7) is 4.90. The first-order chi connectivity index (χ1) is 8.72. The van der Waals surface area contributed by atoms with Gasteiger partial charge in [-0.3, -0.25) is 0 Å². The highest BCUT2D eigenvalue weighted by Crippen LogP contribution is 2.19. The van der Waals surface area contributed by atoms with Crippen molar-refractivity contribution in [1.29, 1.82) is 0 Å². The molecule has 4 nitrogen and oxygen atoms in total. The maximum absolute atomic E-state index is 4.65. The molecule has 0 aliphatic heterocycles. The second kappa shape index (κ2) is 4.53. The summed E-state index contributed by atoms with van der Waals surface area (Å²) in [6.07, 6.45) is 2.61. The van der Waals surface area contributed by atoms with Crippen LogP contribution < -0.4 is 5.32 Å². The summed E-state index contributed by atoms with van der Waals surface area (Å²) >= 11 is 0. The van der Waals surface area contributed by atoms with Crippen molar-refractivity contribution in [3.05, 3.63) is 41.3 Å². The molecule has 1 N–H and O–H groups in total. The number of aryl methyl sites for hydroxylation is 2. The van der Waals surface area contributed by atoms with Gasteiger partial charge in [0.1, 0.15) is 0 Å². The van der Waals surface area contributed by atoms with Gasteiger partial charge in [0.05, 0.1) is 11.4 Å². The van der Waals surface area contributed by atoms with Gasteiger partial charge in [0.25, 0.3) is 0 Å². The van der Waals surface area contributed by atoms with E-state index in [1.54, 1.807) is 0 Å². The maximum atomic E-state index is 4.65. The minimum atomic E-state index is 0.712. The Bertz CT molecular complexity index is 555. The van der Waals surface area contributed by atoms with E-state index >= 15 is 0 Å². The van der Waals surface area contributed by atoms with Gasteiger partial charge in [-0.1, -0.05) is 6.07 Å². The third-order valence-electron chi connectivity index (χ3n) is 3.17. The van der Waals surface area contributed by atoms with Crippen molar-refractivity contribution in [3.8, 4) is 5.82 Å². The Hall–Kier alpha value is -1.68. The number of hydrogen-bond donors (Lipinski definition) is 1. The van der Waals surface area contributed by atoms with Crippen molar-refractivity contribution < 1.29 is 0 Å². The largest absolute Gasteiger partial charge is 0.308 e. The predicted octanol–water partition coefficient (Wildman–Crippen LogP) is 2.14. The Morgan fingerprint density at radius 3 is 2.83 bits per heavy atom. The first kappa shape index (κ1) is 11.4. The Labute approximate surface area is 107 Å². The van der Waals surface area contributed by atoms with E-state index in [-0.39, 0.29) is 0 Å². The maximum Gasteiger partial charge on any atom is 0.153 e. The molecule has 0 aromatic carbocycles. The molecule has 1 saturated carbocycles. The SMILES string of the molecule is Cc1cc(C)n(-c2cccc(CNC3CC3)n2)n1. The van der Waals surface area contributed by atoms with Gasteiger partial charge in [-0.15, -0.1) is 0 Å². The summed E-state index contributed by atoms with van der Waals surface area (Å²) in [4.78, 5) is 4.65. The summed E-state index contributed by atoms with van der Waals surface area (Å²) in [6, 6.07) is 8.88. The lowest BCUT2D eigenvalue weighted by Gasteiger charge is -2.06. The van der Waals surface area contributed by atoms with Gasteiger partial charge in [-0.25, -0.2) is 9.67 Å². The molecular formula is C14H18N4. The van der Waals surface area contributed by atoms with Gasteiger partial charge < -0.3 is 5.32 Å². The van der Waals surface area contributed by atoms with Gasteiger partial charge in [-0.05, 0) is 44.9 Å². The molecule has 0 saturated heterocycles. The van der Waals surface area contributed by atoms with Crippen LogP contribution in [-0.4, -0.2) is 20.8 Å². The topological polar surface area (TPSA) is 42.7 Å². The Kier molecular flexibility index (Phi) is 2.88. The second-order valence-electron chi connectivity index (χ2n) is 4.98. The molecule has 0 amide bonds. The highest BCUT2D eigenvalue weighted by atomic mass is 15.3. The molecule has 0 spiro atoms. The Balaban J connectivity index is 1.82.